The molecule has 1 saturated heterocycles. The average Bonchev–Trinajstić information content (AvgIpc) is 2.86. The third-order valence-electron chi connectivity index (χ3n) is 4.93. The first kappa shape index (κ1) is 14.7. The van der Waals surface area contributed by atoms with Crippen molar-refractivity contribution in [3.8, 4) is 0 Å². The summed E-state index contributed by atoms with van der Waals surface area (Å²) in [5.74, 6) is 0.196. The van der Waals surface area contributed by atoms with Gasteiger partial charge in [-0.05, 0) is 31.2 Å². The molecular weight excluding hydrogens is 301 g/mol. The maximum absolute atomic E-state index is 14.1. The zero-order chi connectivity index (χ0) is 15.9. The van der Waals surface area contributed by atoms with E-state index < -0.39 is 7.29 Å². The molecule has 3 heteroatoms. The summed E-state index contributed by atoms with van der Waals surface area (Å²) in [5, 5.41) is 2.04. The minimum atomic E-state index is -2.72. The zero-order valence-electron chi connectivity index (χ0n) is 13.2. The molecule has 116 valence electrons. The summed E-state index contributed by atoms with van der Waals surface area (Å²) < 4.78 is 16.2. The van der Waals surface area contributed by atoms with Gasteiger partial charge in [-0.25, -0.2) is 4.67 Å². The van der Waals surface area contributed by atoms with Crippen LogP contribution >= 0.6 is 7.29 Å². The van der Waals surface area contributed by atoms with Gasteiger partial charge >= 0.3 is 0 Å². The molecular formula is C20H20NOP. The van der Waals surface area contributed by atoms with Crippen LogP contribution in [0.5, 0.6) is 0 Å². The molecule has 0 amide bonds. The minimum absolute atomic E-state index is 0.130. The van der Waals surface area contributed by atoms with Crippen LogP contribution in [0.4, 0.5) is 0 Å². The zero-order valence-corrected chi connectivity index (χ0v) is 14.1. The molecule has 0 saturated carbocycles. The van der Waals surface area contributed by atoms with E-state index in [9.17, 15) is 4.57 Å². The van der Waals surface area contributed by atoms with Gasteiger partial charge in [-0.3, -0.25) is 4.57 Å². The Morgan fingerprint density at radius 3 is 2.35 bits per heavy atom. The Morgan fingerprint density at radius 1 is 1.00 bits per heavy atom. The van der Waals surface area contributed by atoms with Gasteiger partial charge in [0.25, 0.3) is 0 Å². The van der Waals surface area contributed by atoms with Crippen molar-refractivity contribution in [2.45, 2.75) is 12.5 Å². The highest BCUT2D eigenvalue weighted by atomic mass is 31.2. The number of hydrogen-bond acceptors (Lipinski definition) is 1. The molecule has 2 aromatic rings. The molecule has 1 aliphatic carbocycles. The lowest BCUT2D eigenvalue weighted by molar-refractivity contribution is 0.372. The van der Waals surface area contributed by atoms with Gasteiger partial charge in [0.1, 0.15) is 0 Å². The third-order valence-corrected chi connectivity index (χ3v) is 8.25. The molecule has 1 unspecified atom stereocenters. The Balaban J connectivity index is 1.89. The highest BCUT2D eigenvalue weighted by Crippen LogP contribution is 2.70. The lowest BCUT2D eigenvalue weighted by Crippen LogP contribution is -2.21. The number of rotatable bonds is 2. The van der Waals surface area contributed by atoms with Gasteiger partial charge in [-0.1, -0.05) is 66.8 Å². The first-order valence-electron chi connectivity index (χ1n) is 8.04. The standard InChI is InChI=1S/C20H20NOP/c1-21-20(16-10-4-2-5-11-16)18-14-8-9-15-19(18)23(21,22)17-12-6-3-7-13-17/h2-8,10-15,18,20H,9H2,1H3/t18-,20+,23?/m0/s1. The Kier molecular flexibility index (Phi) is 3.60. The van der Waals surface area contributed by atoms with Gasteiger partial charge in [-0.15, -0.1) is 0 Å². The van der Waals surface area contributed by atoms with Crippen molar-refractivity contribution in [1.82, 2.24) is 4.67 Å². The van der Waals surface area contributed by atoms with E-state index in [-0.39, 0.29) is 12.0 Å². The molecule has 0 spiro atoms. The van der Waals surface area contributed by atoms with Gasteiger partial charge in [0.05, 0.1) is 6.04 Å². The van der Waals surface area contributed by atoms with Crippen molar-refractivity contribution in [2.75, 3.05) is 7.05 Å². The third kappa shape index (κ3) is 2.17. The molecule has 0 radical (unpaired) electrons. The Hall–Kier alpha value is -1.89. The summed E-state index contributed by atoms with van der Waals surface area (Å²) in [6.07, 6.45) is 7.49. The fraction of sp³-hybridized carbons (Fsp3) is 0.200. The first-order valence-corrected chi connectivity index (χ1v) is 9.70. The van der Waals surface area contributed by atoms with Crippen molar-refractivity contribution >= 4 is 12.6 Å². The molecule has 2 nitrogen and oxygen atoms in total. The summed E-state index contributed by atoms with van der Waals surface area (Å²) in [5.41, 5.74) is 1.23. The fourth-order valence-corrected chi connectivity index (χ4v) is 7.08. The molecule has 4 rings (SSSR count). The minimum Gasteiger partial charge on any atom is -0.297 e. The first-order chi connectivity index (χ1) is 11.2. The molecule has 1 fully saturated rings. The van der Waals surface area contributed by atoms with E-state index in [1.807, 2.05) is 43.4 Å². The van der Waals surface area contributed by atoms with Crippen molar-refractivity contribution in [3.05, 3.63) is 89.8 Å². The molecule has 0 bridgehead atoms. The molecule has 0 N–H and O–H groups in total. The summed E-state index contributed by atoms with van der Waals surface area (Å²) >= 11 is 0. The van der Waals surface area contributed by atoms with E-state index in [0.29, 0.717) is 0 Å². The van der Waals surface area contributed by atoms with Gasteiger partial charge in [0.15, 0.2) is 0 Å². The lowest BCUT2D eigenvalue weighted by atomic mass is 9.90. The number of benzene rings is 2. The van der Waals surface area contributed by atoms with Crippen LogP contribution < -0.4 is 5.30 Å². The predicted molar refractivity (Wildman–Crippen MR) is 96.0 cm³/mol. The van der Waals surface area contributed by atoms with Crippen molar-refractivity contribution in [3.63, 3.8) is 0 Å². The second-order valence-corrected chi connectivity index (χ2v) is 8.98. The molecule has 1 heterocycles. The lowest BCUT2D eigenvalue weighted by Gasteiger charge is -2.26. The Labute approximate surface area is 137 Å². The molecule has 23 heavy (non-hydrogen) atoms. The van der Waals surface area contributed by atoms with Crippen LogP contribution in [0, 0.1) is 5.92 Å². The van der Waals surface area contributed by atoms with Gasteiger partial charge in [-0.2, -0.15) is 0 Å². The van der Waals surface area contributed by atoms with E-state index >= 15 is 0 Å². The van der Waals surface area contributed by atoms with Crippen LogP contribution in [0.1, 0.15) is 18.0 Å². The quantitative estimate of drug-likeness (QED) is 0.588. The van der Waals surface area contributed by atoms with Crippen LogP contribution in [0.2, 0.25) is 0 Å². The number of allylic oxidation sites excluding steroid dienone is 2. The van der Waals surface area contributed by atoms with E-state index in [1.165, 1.54) is 5.56 Å². The predicted octanol–water partition coefficient (Wildman–Crippen LogP) is 4.74. The van der Waals surface area contributed by atoms with E-state index in [2.05, 4.69) is 47.2 Å². The second-order valence-electron chi connectivity index (χ2n) is 6.16. The second kappa shape index (κ2) is 5.63. The topological polar surface area (TPSA) is 20.3 Å². The van der Waals surface area contributed by atoms with E-state index in [1.54, 1.807) is 0 Å². The Morgan fingerprint density at radius 2 is 1.65 bits per heavy atom. The van der Waals surface area contributed by atoms with Crippen LogP contribution in [0.25, 0.3) is 0 Å². The summed E-state index contributed by atoms with van der Waals surface area (Å²) in [4.78, 5) is 0. The van der Waals surface area contributed by atoms with Crippen molar-refractivity contribution in [2.24, 2.45) is 5.92 Å². The van der Waals surface area contributed by atoms with Gasteiger partial charge in [0.2, 0.25) is 7.29 Å². The normalized spacial score (nSPS) is 30.0. The van der Waals surface area contributed by atoms with Crippen LogP contribution in [-0.4, -0.2) is 11.7 Å². The number of fused-ring (bicyclic) bond motifs is 1. The average molecular weight is 321 g/mol. The summed E-state index contributed by atoms with van der Waals surface area (Å²) in [7, 11) is -0.711. The maximum atomic E-state index is 14.1. The molecule has 3 atom stereocenters. The number of hydrogen-bond donors (Lipinski definition) is 0. The number of nitrogens with zero attached hydrogens (tertiary/aromatic N) is 1. The van der Waals surface area contributed by atoms with Crippen LogP contribution in [0.3, 0.4) is 0 Å². The van der Waals surface area contributed by atoms with Crippen molar-refractivity contribution in [1.29, 1.82) is 0 Å². The monoisotopic (exact) mass is 321 g/mol. The van der Waals surface area contributed by atoms with Crippen molar-refractivity contribution < 1.29 is 4.57 Å². The Bertz CT molecular complexity index is 810. The highest BCUT2D eigenvalue weighted by Gasteiger charge is 2.51. The van der Waals surface area contributed by atoms with E-state index in [4.69, 9.17) is 0 Å². The highest BCUT2D eigenvalue weighted by molar-refractivity contribution is 7.73. The van der Waals surface area contributed by atoms with Crippen LogP contribution in [-0.2, 0) is 4.57 Å². The molecule has 2 aromatic carbocycles. The molecule has 0 aromatic heterocycles. The largest absolute Gasteiger partial charge is 0.297 e. The summed E-state index contributed by atoms with van der Waals surface area (Å²) in [6.45, 7) is 0. The SMILES string of the molecule is CN1[C@H](c2ccccc2)[C@H]2C=CCC=C2P1(=O)c1ccccc1. The fourth-order valence-electron chi connectivity index (χ4n) is 3.87. The molecule has 2 aliphatic rings. The van der Waals surface area contributed by atoms with Crippen LogP contribution in [0.15, 0.2) is 84.2 Å². The van der Waals surface area contributed by atoms with E-state index in [0.717, 1.165) is 17.0 Å². The molecule has 1 aliphatic heterocycles. The maximum Gasteiger partial charge on any atom is 0.203 e. The summed E-state index contributed by atoms with van der Waals surface area (Å²) in [6, 6.07) is 20.5. The smallest absolute Gasteiger partial charge is 0.203 e. The van der Waals surface area contributed by atoms with Gasteiger partial charge < -0.3 is 0 Å². The van der Waals surface area contributed by atoms with Gasteiger partial charge in [0, 0.05) is 16.5 Å².